The van der Waals surface area contributed by atoms with Gasteiger partial charge in [0.15, 0.2) is 5.75 Å². The molecule has 1 aliphatic rings. The van der Waals surface area contributed by atoms with Crippen molar-refractivity contribution >= 4 is 11.0 Å². The fraction of sp³-hybridized carbons (Fsp3) is 0.143. The standard InChI is InChI=1S/C21H16N2O3/c1-11-7-8-12(2)14(9-11)17-15(10-22)20(23)26-19-13-5-3-4-6-16(13)25-21(24)18(17)19/h3-9,17H,23H2,1-2H3/t17-/m1/s1. The third-order valence-corrected chi connectivity index (χ3v) is 4.72. The van der Waals surface area contributed by atoms with Crippen LogP contribution in [0.4, 0.5) is 0 Å². The zero-order valence-electron chi connectivity index (χ0n) is 14.4. The van der Waals surface area contributed by atoms with Gasteiger partial charge < -0.3 is 14.9 Å². The summed E-state index contributed by atoms with van der Waals surface area (Å²) in [7, 11) is 0. The Bertz CT molecular complexity index is 1180. The molecule has 0 amide bonds. The average Bonchev–Trinajstić information content (AvgIpc) is 2.63. The highest BCUT2D eigenvalue weighted by molar-refractivity contribution is 5.86. The van der Waals surface area contributed by atoms with Crippen molar-refractivity contribution in [2.45, 2.75) is 19.8 Å². The largest absolute Gasteiger partial charge is 0.439 e. The fourth-order valence-corrected chi connectivity index (χ4v) is 3.45. The van der Waals surface area contributed by atoms with Crippen molar-refractivity contribution in [3.63, 3.8) is 0 Å². The normalized spacial score (nSPS) is 16.1. The number of hydrogen-bond acceptors (Lipinski definition) is 5. The Hall–Kier alpha value is -3.52. The summed E-state index contributed by atoms with van der Waals surface area (Å²) >= 11 is 0. The predicted molar refractivity (Wildman–Crippen MR) is 97.7 cm³/mol. The van der Waals surface area contributed by atoms with Gasteiger partial charge in [0, 0.05) is 0 Å². The van der Waals surface area contributed by atoms with E-state index in [0.717, 1.165) is 16.7 Å². The van der Waals surface area contributed by atoms with Crippen LogP contribution in [0.25, 0.3) is 11.0 Å². The van der Waals surface area contributed by atoms with Crippen LogP contribution >= 0.6 is 0 Å². The molecule has 0 bridgehead atoms. The Morgan fingerprint density at radius 3 is 2.69 bits per heavy atom. The van der Waals surface area contributed by atoms with Gasteiger partial charge in [-0.25, -0.2) is 4.79 Å². The molecule has 5 nitrogen and oxygen atoms in total. The first kappa shape index (κ1) is 16.0. The summed E-state index contributed by atoms with van der Waals surface area (Å²) in [4.78, 5) is 12.8. The molecule has 0 radical (unpaired) electrons. The summed E-state index contributed by atoms with van der Waals surface area (Å²) in [6, 6.07) is 15.2. The molecular formula is C21H16N2O3. The Morgan fingerprint density at radius 2 is 1.92 bits per heavy atom. The van der Waals surface area contributed by atoms with Gasteiger partial charge in [0.25, 0.3) is 0 Å². The molecule has 1 atom stereocenters. The molecule has 0 unspecified atom stereocenters. The molecule has 0 aliphatic carbocycles. The third-order valence-electron chi connectivity index (χ3n) is 4.72. The third kappa shape index (κ3) is 2.27. The van der Waals surface area contributed by atoms with Gasteiger partial charge in [-0.05, 0) is 37.1 Å². The summed E-state index contributed by atoms with van der Waals surface area (Å²) in [5, 5.41) is 10.3. The molecule has 0 spiro atoms. The molecule has 0 saturated heterocycles. The molecule has 0 fully saturated rings. The Balaban J connectivity index is 2.12. The highest BCUT2D eigenvalue weighted by Crippen LogP contribution is 2.44. The van der Waals surface area contributed by atoms with E-state index in [1.165, 1.54) is 0 Å². The number of ether oxygens (including phenoxy) is 1. The van der Waals surface area contributed by atoms with Gasteiger partial charge in [-0.3, -0.25) is 0 Å². The van der Waals surface area contributed by atoms with Crippen LogP contribution in [0.3, 0.4) is 0 Å². The van der Waals surface area contributed by atoms with E-state index in [0.29, 0.717) is 22.3 Å². The van der Waals surface area contributed by atoms with Crippen molar-refractivity contribution in [3.05, 3.63) is 86.6 Å². The number of hydrogen-bond donors (Lipinski definition) is 1. The number of rotatable bonds is 1. The molecule has 1 aromatic heterocycles. The molecule has 128 valence electrons. The van der Waals surface area contributed by atoms with Crippen LogP contribution < -0.4 is 16.1 Å². The first-order valence-corrected chi connectivity index (χ1v) is 8.21. The van der Waals surface area contributed by atoms with E-state index in [-0.39, 0.29) is 11.5 Å². The molecule has 1 aliphatic heterocycles. The number of benzene rings is 2. The molecular weight excluding hydrogens is 328 g/mol. The maximum absolute atomic E-state index is 12.8. The van der Waals surface area contributed by atoms with Gasteiger partial charge in [0.05, 0.1) is 16.9 Å². The summed E-state index contributed by atoms with van der Waals surface area (Å²) in [6.45, 7) is 3.91. The van der Waals surface area contributed by atoms with E-state index >= 15 is 0 Å². The SMILES string of the molecule is Cc1ccc(C)c([C@@H]2C(C#N)=C(N)Oc3c2c(=O)oc2ccccc32)c1. The first-order chi connectivity index (χ1) is 12.5. The summed E-state index contributed by atoms with van der Waals surface area (Å²) in [6.07, 6.45) is 0. The van der Waals surface area contributed by atoms with Crippen molar-refractivity contribution in [3.8, 4) is 11.8 Å². The highest BCUT2D eigenvalue weighted by atomic mass is 16.5. The summed E-state index contributed by atoms with van der Waals surface area (Å²) in [5.41, 5.74) is 9.32. The van der Waals surface area contributed by atoms with Crippen molar-refractivity contribution in [1.29, 1.82) is 5.26 Å². The zero-order valence-corrected chi connectivity index (χ0v) is 14.4. The smallest absolute Gasteiger partial charge is 0.344 e. The molecule has 2 aromatic carbocycles. The number of para-hydroxylation sites is 1. The predicted octanol–water partition coefficient (Wildman–Crippen LogP) is 3.63. The monoisotopic (exact) mass is 344 g/mol. The van der Waals surface area contributed by atoms with E-state index < -0.39 is 11.5 Å². The van der Waals surface area contributed by atoms with Crippen LogP contribution in [0.2, 0.25) is 0 Å². The van der Waals surface area contributed by atoms with Gasteiger partial charge >= 0.3 is 5.63 Å². The van der Waals surface area contributed by atoms with Crippen molar-refractivity contribution in [2.24, 2.45) is 5.73 Å². The summed E-state index contributed by atoms with van der Waals surface area (Å²) in [5.74, 6) is -0.245. The summed E-state index contributed by atoms with van der Waals surface area (Å²) < 4.78 is 11.2. The number of fused-ring (bicyclic) bond motifs is 3. The highest BCUT2D eigenvalue weighted by Gasteiger charge is 2.36. The number of aryl methyl sites for hydroxylation is 2. The lowest BCUT2D eigenvalue weighted by molar-refractivity contribution is 0.388. The Morgan fingerprint density at radius 1 is 1.15 bits per heavy atom. The second kappa shape index (κ2) is 5.78. The van der Waals surface area contributed by atoms with E-state index in [9.17, 15) is 10.1 Å². The minimum Gasteiger partial charge on any atom is -0.439 e. The topological polar surface area (TPSA) is 89.3 Å². The molecule has 5 heteroatoms. The minimum absolute atomic E-state index is 0.0154. The average molecular weight is 344 g/mol. The van der Waals surface area contributed by atoms with Crippen LogP contribution in [-0.4, -0.2) is 0 Å². The second-order valence-corrected chi connectivity index (χ2v) is 6.41. The van der Waals surface area contributed by atoms with Crippen LogP contribution in [-0.2, 0) is 0 Å². The maximum Gasteiger partial charge on any atom is 0.344 e. The molecule has 0 saturated carbocycles. The van der Waals surface area contributed by atoms with Gasteiger partial charge in [0.1, 0.15) is 17.2 Å². The quantitative estimate of drug-likeness (QED) is 0.681. The molecule has 2 heterocycles. The number of nitrogens with two attached hydrogens (primary N) is 1. The van der Waals surface area contributed by atoms with E-state index in [2.05, 4.69) is 6.07 Å². The molecule has 3 aromatic rings. The van der Waals surface area contributed by atoms with Gasteiger partial charge in [-0.15, -0.1) is 0 Å². The van der Waals surface area contributed by atoms with Crippen LogP contribution in [0.5, 0.6) is 5.75 Å². The van der Waals surface area contributed by atoms with E-state index in [4.69, 9.17) is 14.9 Å². The van der Waals surface area contributed by atoms with Gasteiger partial charge in [-0.2, -0.15) is 5.26 Å². The lowest BCUT2D eigenvalue weighted by atomic mass is 9.81. The van der Waals surface area contributed by atoms with Crippen molar-refractivity contribution < 1.29 is 9.15 Å². The van der Waals surface area contributed by atoms with Crippen LogP contribution in [0.1, 0.15) is 28.2 Å². The first-order valence-electron chi connectivity index (χ1n) is 8.21. The van der Waals surface area contributed by atoms with Gasteiger partial charge in [0.2, 0.25) is 5.88 Å². The lowest BCUT2D eigenvalue weighted by Crippen LogP contribution is -2.26. The Labute approximate surface area is 149 Å². The molecule has 26 heavy (non-hydrogen) atoms. The Kier molecular flexibility index (Phi) is 3.55. The van der Waals surface area contributed by atoms with Gasteiger partial charge in [-0.1, -0.05) is 35.9 Å². The van der Waals surface area contributed by atoms with Crippen LogP contribution in [0, 0.1) is 25.2 Å². The van der Waals surface area contributed by atoms with E-state index in [1.54, 1.807) is 12.1 Å². The maximum atomic E-state index is 12.8. The van der Waals surface area contributed by atoms with E-state index in [1.807, 2.05) is 44.2 Å². The number of allylic oxidation sites excluding steroid dienone is 1. The second-order valence-electron chi connectivity index (χ2n) is 6.41. The lowest BCUT2D eigenvalue weighted by Gasteiger charge is -2.27. The van der Waals surface area contributed by atoms with Crippen LogP contribution in [0.15, 0.2) is 63.1 Å². The minimum atomic E-state index is -0.621. The fourth-order valence-electron chi connectivity index (χ4n) is 3.45. The molecule has 2 N–H and O–H groups in total. The zero-order chi connectivity index (χ0) is 18.4. The van der Waals surface area contributed by atoms with Crippen molar-refractivity contribution in [1.82, 2.24) is 0 Å². The van der Waals surface area contributed by atoms with Crippen molar-refractivity contribution in [2.75, 3.05) is 0 Å². The number of nitrogens with zero attached hydrogens (tertiary/aromatic N) is 1. The number of nitriles is 1. The molecule has 4 rings (SSSR count).